The van der Waals surface area contributed by atoms with E-state index in [1.165, 1.54) is 10.5 Å². The largest absolute Gasteiger partial charge is 0.434 e. The van der Waals surface area contributed by atoms with Crippen molar-refractivity contribution in [3.8, 4) is 0 Å². The summed E-state index contributed by atoms with van der Waals surface area (Å²) in [5, 5.41) is 7.48. The Morgan fingerprint density at radius 1 is 1.23 bits per heavy atom. The van der Waals surface area contributed by atoms with Crippen molar-refractivity contribution in [2.75, 3.05) is 19.3 Å². The Morgan fingerprint density at radius 2 is 1.92 bits per heavy atom. The minimum atomic E-state index is -4.40. The van der Waals surface area contributed by atoms with Crippen LogP contribution in [0.1, 0.15) is 16.3 Å². The third-order valence-corrected chi connectivity index (χ3v) is 5.02. The normalized spacial score (nSPS) is 11.8. The molecule has 1 aromatic carbocycles. The molecule has 0 radical (unpaired) electrons. The van der Waals surface area contributed by atoms with Crippen molar-refractivity contribution in [2.45, 2.75) is 24.5 Å². The number of benzene rings is 1. The van der Waals surface area contributed by atoms with E-state index in [0.29, 0.717) is 17.5 Å². The molecular formula is C16H20F3IN4S2. The average molecular weight is 516 g/mol. The molecule has 1 aromatic heterocycles. The van der Waals surface area contributed by atoms with Gasteiger partial charge in [0.15, 0.2) is 11.7 Å². The molecule has 144 valence electrons. The molecule has 2 rings (SSSR count). The number of nitrogens with one attached hydrogen (secondary N) is 2. The predicted octanol–water partition coefficient (Wildman–Crippen LogP) is 4.55. The summed E-state index contributed by atoms with van der Waals surface area (Å²) < 4.78 is 37.6. The average Bonchev–Trinajstić information content (AvgIpc) is 3.05. The van der Waals surface area contributed by atoms with Gasteiger partial charge in [0.1, 0.15) is 5.01 Å². The fourth-order valence-corrected chi connectivity index (χ4v) is 3.38. The molecule has 0 bridgehead atoms. The number of halogens is 4. The van der Waals surface area contributed by atoms with Crippen molar-refractivity contribution in [1.82, 2.24) is 15.6 Å². The van der Waals surface area contributed by atoms with Gasteiger partial charge in [-0.1, -0.05) is 17.7 Å². The summed E-state index contributed by atoms with van der Waals surface area (Å²) >= 11 is 2.70. The maximum absolute atomic E-state index is 12.5. The fraction of sp³-hybridized carbons (Fsp3) is 0.375. The molecule has 0 saturated heterocycles. The van der Waals surface area contributed by atoms with E-state index in [1.54, 1.807) is 18.8 Å². The van der Waals surface area contributed by atoms with Gasteiger partial charge in [-0.3, -0.25) is 4.99 Å². The maximum atomic E-state index is 12.5. The molecule has 1 heterocycles. The number of hydrogen-bond donors (Lipinski definition) is 2. The molecule has 4 nitrogen and oxygen atoms in total. The number of aromatic nitrogens is 1. The Morgan fingerprint density at radius 3 is 2.50 bits per heavy atom. The molecule has 0 aliphatic carbocycles. The molecular weight excluding hydrogens is 496 g/mol. The third-order valence-electron chi connectivity index (χ3n) is 3.16. The number of hydrogen-bond acceptors (Lipinski definition) is 4. The molecule has 2 N–H and O–H groups in total. The van der Waals surface area contributed by atoms with E-state index >= 15 is 0 Å². The molecule has 0 aliphatic heterocycles. The molecule has 0 atom stereocenters. The summed E-state index contributed by atoms with van der Waals surface area (Å²) in [5.74, 6) is 1.38. The van der Waals surface area contributed by atoms with Crippen LogP contribution in [-0.2, 0) is 12.7 Å². The second kappa shape index (κ2) is 11.0. The van der Waals surface area contributed by atoms with Gasteiger partial charge in [0, 0.05) is 29.6 Å². The lowest BCUT2D eigenvalue weighted by atomic mass is 10.2. The summed E-state index contributed by atoms with van der Waals surface area (Å²) in [7, 11) is 1.62. The summed E-state index contributed by atoms with van der Waals surface area (Å²) in [6.45, 7) is 2.93. The highest BCUT2D eigenvalue weighted by Crippen LogP contribution is 2.29. The number of aryl methyl sites for hydroxylation is 1. The minimum Gasteiger partial charge on any atom is -0.356 e. The van der Waals surface area contributed by atoms with Crippen LogP contribution in [0.15, 0.2) is 39.5 Å². The molecule has 0 saturated carbocycles. The van der Waals surface area contributed by atoms with Crippen LogP contribution in [0.3, 0.4) is 0 Å². The Kier molecular flexibility index (Phi) is 9.72. The van der Waals surface area contributed by atoms with Crippen molar-refractivity contribution < 1.29 is 13.2 Å². The Balaban J connectivity index is 0.00000338. The fourth-order valence-electron chi connectivity index (χ4n) is 1.88. The molecule has 0 fully saturated rings. The van der Waals surface area contributed by atoms with Crippen LogP contribution in [0, 0.1) is 6.92 Å². The van der Waals surface area contributed by atoms with Crippen LogP contribution in [0.2, 0.25) is 0 Å². The number of rotatable bonds is 6. The van der Waals surface area contributed by atoms with Crippen LogP contribution >= 0.6 is 47.1 Å². The Labute approximate surface area is 176 Å². The second-order valence-corrected chi connectivity index (χ2v) is 7.25. The standard InChI is InChI=1S/C16H19F3N4S2.HI/c1-11-3-5-12(6-4-11)24-8-7-21-15(20-2)22-9-14-23-13(10-25-14)16(17,18)19;/h3-6,10H,7-9H2,1-2H3,(H2,20,21,22);1H. The van der Waals surface area contributed by atoms with E-state index < -0.39 is 11.9 Å². The van der Waals surface area contributed by atoms with E-state index in [1.807, 2.05) is 6.92 Å². The molecule has 0 amide bonds. The molecule has 0 unspecified atom stereocenters. The topological polar surface area (TPSA) is 49.3 Å². The third kappa shape index (κ3) is 7.70. The van der Waals surface area contributed by atoms with Gasteiger partial charge in [0.05, 0.1) is 6.54 Å². The minimum absolute atomic E-state index is 0. The SMILES string of the molecule is CN=C(NCCSc1ccc(C)cc1)NCc1nc(C(F)(F)F)cs1.I. The number of thioether (sulfide) groups is 1. The first kappa shape index (κ1) is 23.0. The van der Waals surface area contributed by atoms with E-state index in [-0.39, 0.29) is 30.5 Å². The van der Waals surface area contributed by atoms with Crippen LogP contribution in [0.5, 0.6) is 0 Å². The molecule has 2 aromatic rings. The Bertz CT molecular complexity index is 702. The van der Waals surface area contributed by atoms with E-state index in [9.17, 15) is 13.2 Å². The van der Waals surface area contributed by atoms with Gasteiger partial charge in [0.2, 0.25) is 0 Å². The highest BCUT2D eigenvalue weighted by atomic mass is 127. The highest BCUT2D eigenvalue weighted by Gasteiger charge is 2.33. The zero-order valence-corrected chi connectivity index (χ0v) is 18.2. The first-order valence-corrected chi connectivity index (χ1v) is 9.40. The van der Waals surface area contributed by atoms with E-state index in [2.05, 4.69) is 44.9 Å². The van der Waals surface area contributed by atoms with Crippen LogP contribution < -0.4 is 10.6 Å². The van der Waals surface area contributed by atoms with E-state index in [0.717, 1.165) is 22.5 Å². The van der Waals surface area contributed by atoms with Crippen molar-refractivity contribution in [1.29, 1.82) is 0 Å². The van der Waals surface area contributed by atoms with Crippen molar-refractivity contribution in [3.05, 3.63) is 45.9 Å². The van der Waals surface area contributed by atoms with Crippen LogP contribution in [0.4, 0.5) is 13.2 Å². The number of alkyl halides is 3. The lowest BCUT2D eigenvalue weighted by molar-refractivity contribution is -0.140. The summed E-state index contributed by atoms with van der Waals surface area (Å²) in [5.41, 5.74) is 0.370. The lowest BCUT2D eigenvalue weighted by Crippen LogP contribution is -2.37. The highest BCUT2D eigenvalue weighted by molar-refractivity contribution is 14.0. The van der Waals surface area contributed by atoms with Gasteiger partial charge >= 0.3 is 6.18 Å². The second-order valence-electron chi connectivity index (χ2n) is 5.14. The van der Waals surface area contributed by atoms with Gasteiger partial charge in [-0.25, -0.2) is 4.98 Å². The molecule has 10 heteroatoms. The Hall–Kier alpha value is -1.01. The number of nitrogens with zero attached hydrogens (tertiary/aromatic N) is 2. The van der Waals surface area contributed by atoms with Gasteiger partial charge in [0.25, 0.3) is 0 Å². The maximum Gasteiger partial charge on any atom is 0.434 e. The predicted molar refractivity (Wildman–Crippen MR) is 113 cm³/mol. The molecule has 0 spiro atoms. The monoisotopic (exact) mass is 516 g/mol. The van der Waals surface area contributed by atoms with Gasteiger partial charge in [-0.2, -0.15) is 13.2 Å². The first-order chi connectivity index (χ1) is 11.9. The smallest absolute Gasteiger partial charge is 0.356 e. The van der Waals surface area contributed by atoms with Gasteiger partial charge in [-0.05, 0) is 19.1 Å². The first-order valence-electron chi connectivity index (χ1n) is 7.54. The zero-order chi connectivity index (χ0) is 18.3. The van der Waals surface area contributed by atoms with Crippen molar-refractivity contribution in [3.63, 3.8) is 0 Å². The molecule has 0 aliphatic rings. The van der Waals surface area contributed by atoms with Crippen molar-refractivity contribution >= 4 is 53.0 Å². The zero-order valence-electron chi connectivity index (χ0n) is 14.3. The summed E-state index contributed by atoms with van der Waals surface area (Å²) in [4.78, 5) is 8.82. The quantitative estimate of drug-likeness (QED) is 0.195. The summed E-state index contributed by atoms with van der Waals surface area (Å²) in [6, 6.07) is 8.29. The van der Waals surface area contributed by atoms with Crippen LogP contribution in [0.25, 0.3) is 0 Å². The number of guanidine groups is 1. The lowest BCUT2D eigenvalue weighted by Gasteiger charge is -2.10. The van der Waals surface area contributed by atoms with Gasteiger partial charge in [-0.15, -0.1) is 47.1 Å². The number of aliphatic imine (C=N–C) groups is 1. The van der Waals surface area contributed by atoms with E-state index in [4.69, 9.17) is 0 Å². The summed E-state index contributed by atoms with van der Waals surface area (Å²) in [6.07, 6.45) is -4.40. The number of thiazole rings is 1. The van der Waals surface area contributed by atoms with Gasteiger partial charge < -0.3 is 10.6 Å². The van der Waals surface area contributed by atoms with Crippen molar-refractivity contribution in [2.24, 2.45) is 4.99 Å². The van der Waals surface area contributed by atoms with Crippen LogP contribution in [-0.4, -0.2) is 30.3 Å². The molecule has 26 heavy (non-hydrogen) atoms.